The molecule has 4 rings (SSSR count). The molecule has 14 heteroatoms. The number of ether oxygens (including phenoxy) is 3. The molecule has 0 aliphatic heterocycles. The van der Waals surface area contributed by atoms with Gasteiger partial charge in [-0.15, -0.1) is 12.8 Å². The number of carboxylic acids is 2. The van der Waals surface area contributed by atoms with Gasteiger partial charge in [0.05, 0.1) is 56.4 Å². The molecule has 316 valence electrons. The van der Waals surface area contributed by atoms with Crippen LogP contribution in [-0.2, 0) is 27.4 Å². The van der Waals surface area contributed by atoms with Gasteiger partial charge < -0.3 is 40.4 Å². The van der Waals surface area contributed by atoms with Gasteiger partial charge in [0.2, 0.25) is 11.8 Å². The largest absolute Gasteiger partial charge is 0.496 e. The zero-order chi connectivity index (χ0) is 45.0. The Bertz CT molecular complexity index is 2350. The zero-order valence-corrected chi connectivity index (χ0v) is 34.5. The van der Waals surface area contributed by atoms with Gasteiger partial charge in [0.15, 0.2) is 0 Å². The number of methoxy groups -OCH3 is 2. The van der Waals surface area contributed by atoms with Gasteiger partial charge >= 0.3 is 18.0 Å². The van der Waals surface area contributed by atoms with Crippen LogP contribution in [0.2, 0.25) is 0 Å². The molecule has 0 unspecified atom stereocenters. The molecule has 0 radical (unpaired) electrons. The summed E-state index contributed by atoms with van der Waals surface area (Å²) in [6.45, 7) is 6.47. The fourth-order valence-electron chi connectivity index (χ4n) is 5.41. The highest BCUT2D eigenvalue weighted by Crippen LogP contribution is 2.24. The fourth-order valence-corrected chi connectivity index (χ4v) is 5.41. The van der Waals surface area contributed by atoms with Crippen molar-refractivity contribution in [3.05, 3.63) is 130 Å². The van der Waals surface area contributed by atoms with E-state index in [4.69, 9.17) is 32.2 Å². The van der Waals surface area contributed by atoms with Gasteiger partial charge in [-0.25, -0.2) is 14.4 Å². The summed E-state index contributed by atoms with van der Waals surface area (Å²) in [5.74, 6) is 3.07. The van der Waals surface area contributed by atoms with Gasteiger partial charge in [-0.05, 0) is 92.6 Å². The summed E-state index contributed by atoms with van der Waals surface area (Å²) < 4.78 is 16.2. The maximum atomic E-state index is 12.6. The summed E-state index contributed by atoms with van der Waals surface area (Å²) in [5.41, 5.74) is 2.84. The van der Waals surface area contributed by atoms with E-state index in [-0.39, 0.29) is 35.6 Å². The lowest BCUT2D eigenvalue weighted by molar-refractivity contribution is -0.112. The summed E-state index contributed by atoms with van der Waals surface area (Å²) in [7, 11) is 3.10. The molecule has 3 amide bonds. The molecule has 14 nitrogen and oxygen atoms in total. The first kappa shape index (κ1) is 47.6. The number of amides is 3. The summed E-state index contributed by atoms with van der Waals surface area (Å²) in [6.07, 6.45) is 16.0. The van der Waals surface area contributed by atoms with Gasteiger partial charge in [0, 0.05) is 29.8 Å². The Morgan fingerprint density at radius 3 is 1.62 bits per heavy atom. The summed E-state index contributed by atoms with van der Waals surface area (Å²) in [4.78, 5) is 60.9. The molecule has 61 heavy (non-hydrogen) atoms. The molecular weight excluding hydrogens is 781 g/mol. The average molecular weight is 829 g/mol. The van der Waals surface area contributed by atoms with Crippen LogP contribution >= 0.6 is 0 Å². The number of hydrogen-bond acceptors (Lipinski definition) is 9. The second kappa shape index (κ2) is 23.6. The second-order valence-corrected chi connectivity index (χ2v) is 13.8. The van der Waals surface area contributed by atoms with Crippen LogP contribution in [0, 0.1) is 24.7 Å². The van der Waals surface area contributed by atoms with E-state index in [2.05, 4.69) is 27.8 Å². The van der Waals surface area contributed by atoms with E-state index in [1.165, 1.54) is 48.4 Å². The van der Waals surface area contributed by atoms with Crippen molar-refractivity contribution in [3.8, 4) is 36.2 Å². The van der Waals surface area contributed by atoms with Crippen molar-refractivity contribution in [3.63, 3.8) is 0 Å². The lowest BCUT2D eigenvalue weighted by Gasteiger charge is -2.26. The molecule has 0 aliphatic carbocycles. The van der Waals surface area contributed by atoms with Crippen molar-refractivity contribution in [1.82, 2.24) is 10.2 Å². The monoisotopic (exact) mass is 828 g/mol. The predicted molar refractivity (Wildman–Crippen MR) is 234 cm³/mol. The second-order valence-electron chi connectivity index (χ2n) is 13.8. The van der Waals surface area contributed by atoms with Gasteiger partial charge in [-0.2, -0.15) is 0 Å². The predicted octanol–water partition coefficient (Wildman–Crippen LogP) is 7.18. The molecule has 0 aromatic heterocycles. The highest BCUT2D eigenvalue weighted by atomic mass is 16.6. The van der Waals surface area contributed by atoms with E-state index in [1.807, 2.05) is 18.2 Å². The van der Waals surface area contributed by atoms with Crippen molar-refractivity contribution < 1.29 is 48.4 Å². The van der Waals surface area contributed by atoms with Crippen LogP contribution in [0.15, 0.2) is 97.1 Å². The van der Waals surface area contributed by atoms with Crippen molar-refractivity contribution in [2.75, 3.05) is 37.9 Å². The van der Waals surface area contributed by atoms with E-state index in [0.29, 0.717) is 30.0 Å². The lowest BCUT2D eigenvalue weighted by Crippen LogP contribution is -2.36. The number of benzene rings is 4. The minimum atomic E-state index is -1.14. The molecule has 4 aromatic carbocycles. The first-order valence-electron chi connectivity index (χ1n) is 18.6. The normalized spacial score (nSPS) is 10.7. The molecule has 0 spiro atoms. The Morgan fingerprint density at radius 2 is 1.18 bits per heavy atom. The number of nitrogens with one attached hydrogen (secondary N) is 3. The summed E-state index contributed by atoms with van der Waals surface area (Å²) in [6, 6.07) is 23.1. The number of aromatic carboxylic acids is 2. The minimum absolute atomic E-state index is 0.00766. The first-order valence-corrected chi connectivity index (χ1v) is 18.6. The van der Waals surface area contributed by atoms with Gasteiger partial charge in [-0.1, -0.05) is 48.2 Å². The van der Waals surface area contributed by atoms with Crippen LogP contribution in [0.5, 0.6) is 11.5 Å². The first-order chi connectivity index (χ1) is 29.1. The molecule has 5 N–H and O–H groups in total. The zero-order valence-electron chi connectivity index (χ0n) is 34.5. The van der Waals surface area contributed by atoms with Crippen LogP contribution in [-0.4, -0.2) is 77.9 Å². The lowest BCUT2D eigenvalue weighted by atomic mass is 10.1. The SMILES string of the molecule is C#CCN(Cc1cc(/C=C/C(=O)Nc2ccccc2C(=O)O)ccc1OC)C(=O)OC(C)(C)C.C#CCNCc1cc(/C=C/C(=O)Nc2ccccc2C(=O)O)ccc1OC. The van der Waals surface area contributed by atoms with Gasteiger partial charge in [0.1, 0.15) is 17.1 Å². The number of carbonyl (C=O) groups excluding carboxylic acids is 3. The molecule has 4 aromatic rings. The number of rotatable bonds is 16. The Kier molecular flexibility index (Phi) is 18.4. The number of carbonyl (C=O) groups is 5. The van der Waals surface area contributed by atoms with Gasteiger partial charge in [0.25, 0.3) is 0 Å². The summed E-state index contributed by atoms with van der Waals surface area (Å²) >= 11 is 0. The van der Waals surface area contributed by atoms with Gasteiger partial charge in [-0.3, -0.25) is 14.5 Å². The maximum absolute atomic E-state index is 12.6. The molecular formula is C47H48N4O10. The van der Waals surface area contributed by atoms with E-state index in [9.17, 15) is 29.1 Å². The third-order valence-electron chi connectivity index (χ3n) is 8.13. The van der Waals surface area contributed by atoms with Crippen molar-refractivity contribution >= 4 is 53.4 Å². The number of terminal acetylenes is 2. The van der Waals surface area contributed by atoms with Crippen LogP contribution in [0.1, 0.15) is 63.7 Å². The topological polar surface area (TPSA) is 193 Å². The Hall–Kier alpha value is -7.81. The number of carboxylic acid groups (broad SMARTS) is 2. The third kappa shape index (κ3) is 15.8. The molecule has 0 saturated heterocycles. The number of nitrogens with zero attached hydrogens (tertiary/aromatic N) is 1. The Balaban J connectivity index is 0.000000334. The fraction of sp³-hybridized carbons (Fsp3) is 0.213. The maximum Gasteiger partial charge on any atom is 0.411 e. The van der Waals surface area contributed by atoms with Crippen molar-refractivity contribution in [2.45, 2.75) is 39.5 Å². The Labute approximate surface area is 355 Å². The van der Waals surface area contributed by atoms with E-state index < -0.39 is 35.4 Å². The number of hydrogen-bond donors (Lipinski definition) is 5. The Morgan fingerprint density at radius 1 is 0.705 bits per heavy atom. The molecule has 0 heterocycles. The van der Waals surface area contributed by atoms with Crippen molar-refractivity contribution in [1.29, 1.82) is 0 Å². The van der Waals surface area contributed by atoms with Crippen molar-refractivity contribution in [2.24, 2.45) is 0 Å². The molecule has 0 aliphatic rings. The van der Waals surface area contributed by atoms with E-state index >= 15 is 0 Å². The average Bonchev–Trinajstić information content (AvgIpc) is 3.22. The van der Waals surface area contributed by atoms with Crippen LogP contribution in [0.25, 0.3) is 12.2 Å². The summed E-state index contributed by atoms with van der Waals surface area (Å²) in [5, 5.41) is 26.6. The highest BCUT2D eigenvalue weighted by molar-refractivity contribution is 6.07. The van der Waals surface area contributed by atoms with Crippen LogP contribution < -0.4 is 25.4 Å². The van der Waals surface area contributed by atoms with E-state index in [1.54, 1.807) is 82.5 Å². The quantitative estimate of drug-likeness (QED) is 0.0437. The highest BCUT2D eigenvalue weighted by Gasteiger charge is 2.23. The third-order valence-corrected chi connectivity index (χ3v) is 8.13. The standard InChI is InChI=1S/C26H28N2O6.C21H20N2O4/c1-6-15-28(25(32)34-26(2,3)4)17-19-16-18(11-13-22(19)33-5)12-14-23(29)27-21-10-8-7-9-20(21)24(30)31;1-3-12-22-14-16-13-15(8-10-19(16)27-2)9-11-20(24)23-18-7-5-4-6-17(18)21(25)26/h1,7-14,16H,15,17H2,2-5H3,(H,27,29)(H,30,31);1,4-11,13,22H,12,14H2,2H3,(H,23,24)(H,25,26)/b14-12+;11-9+. The molecule has 0 fully saturated rings. The van der Waals surface area contributed by atoms with E-state index in [0.717, 1.165) is 16.9 Å². The number of para-hydroxylation sites is 2. The number of anilines is 2. The smallest absolute Gasteiger partial charge is 0.411 e. The molecule has 0 bridgehead atoms. The minimum Gasteiger partial charge on any atom is -0.496 e. The van der Waals surface area contributed by atoms with Crippen LogP contribution in [0.3, 0.4) is 0 Å². The molecule has 0 atom stereocenters. The van der Waals surface area contributed by atoms with Crippen LogP contribution in [0.4, 0.5) is 16.2 Å². The molecule has 0 saturated carbocycles.